The van der Waals surface area contributed by atoms with Gasteiger partial charge in [0.2, 0.25) is 10.0 Å². The summed E-state index contributed by atoms with van der Waals surface area (Å²) in [5.41, 5.74) is 1.62. The van der Waals surface area contributed by atoms with Crippen LogP contribution in [0.4, 0.5) is 5.69 Å². The highest BCUT2D eigenvalue weighted by atomic mass is 32.2. The van der Waals surface area contributed by atoms with E-state index in [0.29, 0.717) is 36.7 Å². The van der Waals surface area contributed by atoms with Crippen molar-refractivity contribution < 1.29 is 8.42 Å². The van der Waals surface area contributed by atoms with Crippen molar-refractivity contribution in [3.05, 3.63) is 48.4 Å². The highest BCUT2D eigenvalue weighted by Crippen LogP contribution is 2.21. The second kappa shape index (κ2) is 6.08. The molecule has 9 heteroatoms. The largest absolute Gasteiger partial charge is 0.367 e. The smallest absolute Gasteiger partial charge is 0.243 e. The van der Waals surface area contributed by atoms with Crippen LogP contribution in [-0.2, 0) is 10.0 Å². The lowest BCUT2D eigenvalue weighted by atomic mass is 10.3. The van der Waals surface area contributed by atoms with E-state index in [0.717, 1.165) is 11.5 Å². The van der Waals surface area contributed by atoms with Crippen molar-refractivity contribution >= 4 is 21.4 Å². The number of hydrogen-bond donors (Lipinski definition) is 0. The first kappa shape index (κ1) is 16.0. The summed E-state index contributed by atoms with van der Waals surface area (Å²) in [5.74, 6) is 0.736. The first-order valence-electron chi connectivity index (χ1n) is 8.04. The zero-order valence-electron chi connectivity index (χ0n) is 13.8. The minimum Gasteiger partial charge on any atom is -0.367 e. The number of rotatable bonds is 3. The van der Waals surface area contributed by atoms with E-state index in [2.05, 4.69) is 20.2 Å². The van der Waals surface area contributed by atoms with E-state index in [9.17, 15) is 8.42 Å². The van der Waals surface area contributed by atoms with Gasteiger partial charge < -0.3 is 4.90 Å². The van der Waals surface area contributed by atoms with E-state index in [1.54, 1.807) is 35.0 Å². The van der Waals surface area contributed by atoms with E-state index >= 15 is 0 Å². The predicted molar refractivity (Wildman–Crippen MR) is 92.9 cm³/mol. The van der Waals surface area contributed by atoms with Gasteiger partial charge in [-0.15, -0.1) is 10.2 Å². The number of aromatic nitrogens is 4. The zero-order valence-corrected chi connectivity index (χ0v) is 14.6. The normalized spacial score (nSPS) is 16.4. The van der Waals surface area contributed by atoms with Gasteiger partial charge in [0.1, 0.15) is 0 Å². The molecule has 0 unspecified atom stereocenters. The molecule has 0 spiro atoms. The minimum absolute atomic E-state index is 0.338. The molecule has 0 saturated carbocycles. The summed E-state index contributed by atoms with van der Waals surface area (Å²) < 4.78 is 28.6. The second-order valence-electron chi connectivity index (χ2n) is 5.94. The predicted octanol–water partition coefficient (Wildman–Crippen LogP) is 0.944. The molecule has 130 valence electrons. The fourth-order valence-corrected chi connectivity index (χ4v) is 4.44. The van der Waals surface area contributed by atoms with Crippen LogP contribution in [0.3, 0.4) is 0 Å². The number of sulfonamides is 1. The van der Waals surface area contributed by atoms with E-state index in [4.69, 9.17) is 0 Å². The van der Waals surface area contributed by atoms with Crippen molar-refractivity contribution in [2.75, 3.05) is 31.1 Å². The van der Waals surface area contributed by atoms with Crippen molar-refractivity contribution in [3.63, 3.8) is 0 Å². The average molecular weight is 358 g/mol. The molecule has 0 amide bonds. The van der Waals surface area contributed by atoms with Crippen LogP contribution in [0.15, 0.2) is 47.5 Å². The maximum atomic E-state index is 12.7. The Hall–Kier alpha value is -2.52. The third kappa shape index (κ3) is 2.85. The lowest BCUT2D eigenvalue weighted by Crippen LogP contribution is -2.48. The van der Waals surface area contributed by atoms with E-state index in [-0.39, 0.29) is 0 Å². The molecular formula is C16H18N6O2S. The number of hydrogen-bond acceptors (Lipinski definition) is 6. The summed E-state index contributed by atoms with van der Waals surface area (Å²) in [6.45, 7) is 3.94. The Bertz CT molecular complexity index is 994. The zero-order chi connectivity index (χ0) is 17.4. The average Bonchev–Trinajstić information content (AvgIpc) is 3.03. The Labute approximate surface area is 145 Å². The molecule has 1 aromatic carbocycles. The van der Waals surface area contributed by atoms with Crippen LogP contribution in [0.5, 0.6) is 0 Å². The highest BCUT2D eigenvalue weighted by Gasteiger charge is 2.28. The van der Waals surface area contributed by atoms with Gasteiger partial charge in [-0.1, -0.05) is 18.2 Å². The number of aryl methyl sites for hydroxylation is 1. The Morgan fingerprint density at radius 2 is 1.72 bits per heavy atom. The lowest BCUT2D eigenvalue weighted by molar-refractivity contribution is 0.384. The standard InChI is InChI=1S/C16H18N6O2S/c1-13-18-19-16-11-14(12-17-22(13)16)20-7-9-21(10-8-20)25(23,24)15-5-3-2-4-6-15/h2-6,11-12H,7-10H2,1H3. The number of piperazine rings is 1. The summed E-state index contributed by atoms with van der Waals surface area (Å²) >= 11 is 0. The van der Waals surface area contributed by atoms with Gasteiger partial charge in [-0.05, 0) is 19.1 Å². The van der Waals surface area contributed by atoms with Crippen molar-refractivity contribution in [2.45, 2.75) is 11.8 Å². The lowest BCUT2D eigenvalue weighted by Gasteiger charge is -2.35. The Morgan fingerprint density at radius 3 is 2.44 bits per heavy atom. The van der Waals surface area contributed by atoms with Gasteiger partial charge in [0.05, 0.1) is 16.8 Å². The van der Waals surface area contributed by atoms with Crippen molar-refractivity contribution in [2.24, 2.45) is 0 Å². The number of fused-ring (bicyclic) bond motifs is 1. The summed E-state index contributed by atoms with van der Waals surface area (Å²) in [6, 6.07) is 10.5. The molecule has 3 heterocycles. The Kier molecular flexibility index (Phi) is 3.89. The fraction of sp³-hybridized carbons (Fsp3) is 0.312. The van der Waals surface area contributed by atoms with E-state index < -0.39 is 10.0 Å². The molecule has 0 atom stereocenters. The third-order valence-corrected chi connectivity index (χ3v) is 6.30. The molecule has 1 fully saturated rings. The summed E-state index contributed by atoms with van der Waals surface area (Å²) in [5, 5.41) is 12.4. The van der Waals surface area contributed by atoms with Crippen molar-refractivity contribution in [3.8, 4) is 0 Å². The molecule has 1 saturated heterocycles. The maximum absolute atomic E-state index is 12.7. The van der Waals surface area contributed by atoms with Gasteiger partial charge in [-0.25, -0.2) is 8.42 Å². The summed E-state index contributed by atoms with van der Waals surface area (Å²) in [6.07, 6.45) is 1.77. The van der Waals surface area contributed by atoms with Crippen molar-refractivity contribution in [1.29, 1.82) is 0 Å². The molecule has 0 bridgehead atoms. The minimum atomic E-state index is -3.43. The van der Waals surface area contributed by atoms with Crippen LogP contribution in [0, 0.1) is 6.92 Å². The van der Waals surface area contributed by atoms with E-state index in [1.165, 1.54) is 4.31 Å². The van der Waals surface area contributed by atoms with Gasteiger partial charge in [0.15, 0.2) is 11.5 Å². The molecule has 0 aliphatic carbocycles. The number of nitrogens with zero attached hydrogens (tertiary/aromatic N) is 6. The molecule has 4 rings (SSSR count). The van der Waals surface area contributed by atoms with Gasteiger partial charge in [0, 0.05) is 32.2 Å². The van der Waals surface area contributed by atoms with Crippen LogP contribution < -0.4 is 4.90 Å². The van der Waals surface area contributed by atoms with Gasteiger partial charge in [-0.3, -0.25) is 0 Å². The molecule has 2 aromatic heterocycles. The molecule has 25 heavy (non-hydrogen) atoms. The van der Waals surface area contributed by atoms with Gasteiger partial charge >= 0.3 is 0 Å². The van der Waals surface area contributed by atoms with Crippen molar-refractivity contribution in [1.82, 2.24) is 24.1 Å². The fourth-order valence-electron chi connectivity index (χ4n) is 2.99. The molecule has 0 radical (unpaired) electrons. The first-order valence-corrected chi connectivity index (χ1v) is 9.48. The number of anilines is 1. The van der Waals surface area contributed by atoms with E-state index in [1.807, 2.05) is 19.1 Å². The first-order chi connectivity index (χ1) is 12.1. The molecule has 1 aliphatic rings. The Morgan fingerprint density at radius 1 is 1.00 bits per heavy atom. The van der Waals surface area contributed by atoms with Crippen LogP contribution in [0.2, 0.25) is 0 Å². The van der Waals surface area contributed by atoms with Crippen LogP contribution in [0.25, 0.3) is 5.65 Å². The molecule has 3 aromatic rings. The third-order valence-electron chi connectivity index (χ3n) is 4.39. The quantitative estimate of drug-likeness (QED) is 0.693. The molecule has 0 N–H and O–H groups in total. The van der Waals surface area contributed by atoms with Gasteiger partial charge in [-0.2, -0.15) is 13.9 Å². The van der Waals surface area contributed by atoms with Gasteiger partial charge in [0.25, 0.3) is 0 Å². The number of benzene rings is 1. The molecule has 8 nitrogen and oxygen atoms in total. The molecule has 1 aliphatic heterocycles. The molecular weight excluding hydrogens is 340 g/mol. The topological polar surface area (TPSA) is 83.7 Å². The SMILES string of the molecule is Cc1nnc2cc(N3CCN(S(=O)(=O)c4ccccc4)CC3)cnn12. The summed E-state index contributed by atoms with van der Waals surface area (Å²) in [4.78, 5) is 2.46. The second-order valence-corrected chi connectivity index (χ2v) is 7.87. The maximum Gasteiger partial charge on any atom is 0.243 e. The summed E-state index contributed by atoms with van der Waals surface area (Å²) in [7, 11) is -3.43. The highest BCUT2D eigenvalue weighted by molar-refractivity contribution is 7.89. The Balaban J connectivity index is 1.51. The van der Waals surface area contributed by atoms with Crippen LogP contribution >= 0.6 is 0 Å². The monoisotopic (exact) mass is 358 g/mol. The van der Waals surface area contributed by atoms with Crippen LogP contribution in [0.1, 0.15) is 5.82 Å². The van der Waals surface area contributed by atoms with Crippen LogP contribution in [-0.4, -0.2) is 58.7 Å².